The molecule has 0 unspecified atom stereocenters. The van der Waals surface area contributed by atoms with Crippen LogP contribution in [0.5, 0.6) is 5.75 Å². The highest BCUT2D eigenvalue weighted by atomic mass is 35.5. The van der Waals surface area contributed by atoms with Gasteiger partial charge in [-0.2, -0.15) is 0 Å². The fourth-order valence-electron chi connectivity index (χ4n) is 2.91. The Morgan fingerprint density at radius 2 is 2.19 bits per heavy atom. The fraction of sp³-hybridized carbons (Fsp3) is 0.412. The number of ether oxygens (including phenoxy) is 1. The summed E-state index contributed by atoms with van der Waals surface area (Å²) in [7, 11) is 4.93. The first kappa shape index (κ1) is 20.0. The number of nitrogens with two attached hydrogens (primary N) is 1. The Kier molecular flexibility index (Phi) is 6.09. The number of methoxy groups -OCH3 is 1. The molecule has 2 heterocycles. The second-order valence-corrected chi connectivity index (χ2v) is 6.25. The molecule has 142 valence electrons. The van der Waals surface area contributed by atoms with E-state index in [1.165, 1.54) is 25.3 Å². The van der Waals surface area contributed by atoms with Crippen LogP contribution in [0.1, 0.15) is 16.8 Å². The molecular weight excluding hydrogens is 363 g/mol. The number of halogens is 2. The van der Waals surface area contributed by atoms with Crippen LogP contribution in [0.25, 0.3) is 11.3 Å². The maximum atomic E-state index is 13.7. The number of hydrogen-bond donors (Lipinski definition) is 1. The van der Waals surface area contributed by atoms with Crippen LogP contribution in [0.2, 0.25) is 0 Å². The predicted molar refractivity (Wildman–Crippen MR) is 98.5 cm³/mol. The molecule has 0 bridgehead atoms. The first-order valence-corrected chi connectivity index (χ1v) is 7.98. The van der Waals surface area contributed by atoms with Gasteiger partial charge in [-0.05, 0) is 24.6 Å². The van der Waals surface area contributed by atoms with Gasteiger partial charge in [0.25, 0.3) is 5.91 Å². The van der Waals surface area contributed by atoms with E-state index in [2.05, 4.69) is 5.16 Å². The molecule has 1 aromatic carbocycles. The van der Waals surface area contributed by atoms with Gasteiger partial charge in [-0.3, -0.25) is 4.79 Å². The molecule has 0 spiro atoms. The Morgan fingerprint density at radius 3 is 2.77 bits per heavy atom. The highest BCUT2D eigenvalue weighted by Crippen LogP contribution is 2.34. The van der Waals surface area contributed by atoms with Crippen LogP contribution in [-0.4, -0.2) is 56.3 Å². The number of anilines is 1. The quantitative estimate of drug-likeness (QED) is 0.869. The van der Waals surface area contributed by atoms with E-state index in [0.29, 0.717) is 30.0 Å². The van der Waals surface area contributed by atoms with Crippen molar-refractivity contribution in [1.29, 1.82) is 0 Å². The van der Waals surface area contributed by atoms with Gasteiger partial charge in [0.1, 0.15) is 5.56 Å². The van der Waals surface area contributed by atoms with Crippen molar-refractivity contribution in [2.24, 2.45) is 5.73 Å². The van der Waals surface area contributed by atoms with Crippen molar-refractivity contribution in [3.05, 3.63) is 29.6 Å². The van der Waals surface area contributed by atoms with E-state index in [1.54, 1.807) is 23.9 Å². The number of amides is 1. The van der Waals surface area contributed by atoms with Crippen LogP contribution in [0.3, 0.4) is 0 Å². The number of hydrogen-bond acceptors (Lipinski definition) is 6. The Morgan fingerprint density at radius 1 is 1.46 bits per heavy atom. The number of carbonyl (C=O) groups is 1. The van der Waals surface area contributed by atoms with Gasteiger partial charge in [-0.15, -0.1) is 12.4 Å². The van der Waals surface area contributed by atoms with Gasteiger partial charge >= 0.3 is 0 Å². The average molecular weight is 385 g/mol. The molecule has 2 N–H and O–H groups in total. The zero-order valence-electron chi connectivity index (χ0n) is 14.9. The monoisotopic (exact) mass is 384 g/mol. The summed E-state index contributed by atoms with van der Waals surface area (Å²) in [5, 5.41) is 4.02. The number of carbonyl (C=O) groups excluding carboxylic acids is 1. The molecule has 0 radical (unpaired) electrons. The molecule has 1 aromatic heterocycles. The molecule has 0 saturated carbocycles. The summed E-state index contributed by atoms with van der Waals surface area (Å²) >= 11 is 0. The SMILES string of the molecule is COc1cc(-c2onc(N(C)C)c2C(=O)N2CC[C@H](N)C2)ccc1F.Cl. The van der Waals surface area contributed by atoms with Crippen molar-refractivity contribution in [3.63, 3.8) is 0 Å². The van der Waals surface area contributed by atoms with Gasteiger partial charge in [0, 0.05) is 38.8 Å². The number of benzene rings is 1. The van der Waals surface area contributed by atoms with Crippen LogP contribution in [0.4, 0.5) is 10.2 Å². The van der Waals surface area contributed by atoms with E-state index in [9.17, 15) is 9.18 Å². The lowest BCUT2D eigenvalue weighted by atomic mass is 10.1. The number of nitrogens with zero attached hydrogens (tertiary/aromatic N) is 3. The Labute approximate surface area is 157 Å². The lowest BCUT2D eigenvalue weighted by molar-refractivity contribution is 0.0791. The fourth-order valence-corrected chi connectivity index (χ4v) is 2.91. The molecule has 1 aliphatic heterocycles. The summed E-state index contributed by atoms with van der Waals surface area (Å²) in [5.74, 6) is 0.0892. The normalized spacial score (nSPS) is 16.3. The second-order valence-electron chi connectivity index (χ2n) is 6.25. The molecule has 9 heteroatoms. The number of rotatable bonds is 4. The van der Waals surface area contributed by atoms with Crippen molar-refractivity contribution < 1.29 is 18.4 Å². The minimum atomic E-state index is -0.489. The van der Waals surface area contributed by atoms with Crippen LogP contribution in [0, 0.1) is 5.82 Å². The van der Waals surface area contributed by atoms with E-state index < -0.39 is 5.82 Å². The van der Waals surface area contributed by atoms with Gasteiger partial charge in [0.05, 0.1) is 7.11 Å². The van der Waals surface area contributed by atoms with E-state index in [4.69, 9.17) is 15.0 Å². The summed E-state index contributed by atoms with van der Waals surface area (Å²) in [5.41, 5.74) is 6.78. The summed E-state index contributed by atoms with van der Waals surface area (Å²) in [6.07, 6.45) is 0.758. The van der Waals surface area contributed by atoms with Crippen LogP contribution >= 0.6 is 12.4 Å². The van der Waals surface area contributed by atoms with Crippen molar-refractivity contribution >= 4 is 24.1 Å². The summed E-state index contributed by atoms with van der Waals surface area (Å²) in [6.45, 7) is 1.08. The molecule has 1 atom stereocenters. The van der Waals surface area contributed by atoms with Crippen molar-refractivity contribution in [3.8, 4) is 17.1 Å². The molecule has 1 fully saturated rings. The number of aromatic nitrogens is 1. The standard InChI is InChI=1S/C17H21FN4O3.ClH/c1-21(2)16-14(17(23)22-7-6-11(19)9-22)15(25-20-16)10-4-5-12(18)13(8-10)24-3;/h4-5,8,11H,6-7,9,19H2,1-3H3;1H/t11-;/m0./s1. The van der Waals surface area contributed by atoms with Crippen molar-refractivity contribution in [2.45, 2.75) is 12.5 Å². The molecule has 7 nitrogen and oxygen atoms in total. The largest absolute Gasteiger partial charge is 0.494 e. The molecule has 1 aliphatic rings. The maximum absolute atomic E-state index is 13.7. The third kappa shape index (κ3) is 3.61. The minimum Gasteiger partial charge on any atom is -0.494 e. The lowest BCUT2D eigenvalue weighted by Gasteiger charge is -2.18. The minimum absolute atomic E-state index is 0. The first-order valence-electron chi connectivity index (χ1n) is 7.98. The first-order chi connectivity index (χ1) is 11.9. The second kappa shape index (κ2) is 7.92. The lowest BCUT2D eigenvalue weighted by Crippen LogP contribution is -2.32. The van der Waals surface area contributed by atoms with E-state index in [0.717, 1.165) is 6.42 Å². The summed E-state index contributed by atoms with van der Waals surface area (Å²) in [4.78, 5) is 16.4. The third-order valence-corrected chi connectivity index (χ3v) is 4.24. The van der Waals surface area contributed by atoms with E-state index in [-0.39, 0.29) is 35.9 Å². The summed E-state index contributed by atoms with van der Waals surface area (Å²) < 4.78 is 24.2. The van der Waals surface area contributed by atoms with Gasteiger partial charge in [0.2, 0.25) is 0 Å². The third-order valence-electron chi connectivity index (χ3n) is 4.24. The molecular formula is C17H22ClFN4O3. The van der Waals surface area contributed by atoms with Crippen LogP contribution < -0.4 is 15.4 Å². The van der Waals surface area contributed by atoms with Crippen molar-refractivity contribution in [2.75, 3.05) is 39.2 Å². The highest BCUT2D eigenvalue weighted by molar-refractivity contribution is 6.04. The Hall–Kier alpha value is -2.32. The number of likely N-dealkylation sites (tertiary alicyclic amines) is 1. The van der Waals surface area contributed by atoms with E-state index in [1.807, 2.05) is 0 Å². The van der Waals surface area contributed by atoms with E-state index >= 15 is 0 Å². The average Bonchev–Trinajstić information content (AvgIpc) is 3.21. The molecule has 26 heavy (non-hydrogen) atoms. The zero-order chi connectivity index (χ0) is 18.1. The molecule has 2 aromatic rings. The molecule has 3 rings (SSSR count). The predicted octanol–water partition coefficient (Wildman–Crippen LogP) is 2.15. The summed E-state index contributed by atoms with van der Waals surface area (Å²) in [6, 6.07) is 4.26. The Bertz CT molecular complexity index is 796. The van der Waals surface area contributed by atoms with Gasteiger partial charge in [-0.25, -0.2) is 4.39 Å². The smallest absolute Gasteiger partial charge is 0.261 e. The van der Waals surface area contributed by atoms with Gasteiger partial charge in [0.15, 0.2) is 23.1 Å². The van der Waals surface area contributed by atoms with Crippen LogP contribution in [-0.2, 0) is 0 Å². The topological polar surface area (TPSA) is 84.8 Å². The maximum Gasteiger partial charge on any atom is 0.261 e. The van der Waals surface area contributed by atoms with Gasteiger partial charge in [-0.1, -0.05) is 5.16 Å². The van der Waals surface area contributed by atoms with Crippen molar-refractivity contribution in [1.82, 2.24) is 10.1 Å². The van der Waals surface area contributed by atoms with Crippen LogP contribution in [0.15, 0.2) is 22.7 Å². The zero-order valence-corrected chi connectivity index (χ0v) is 15.7. The van der Waals surface area contributed by atoms with Gasteiger partial charge < -0.3 is 24.8 Å². The molecule has 0 aliphatic carbocycles. The highest BCUT2D eigenvalue weighted by Gasteiger charge is 2.32. The molecule has 1 amide bonds. The Balaban J connectivity index is 0.00000243. The molecule has 1 saturated heterocycles.